The van der Waals surface area contributed by atoms with Gasteiger partial charge in [0, 0.05) is 40.9 Å². The summed E-state index contributed by atoms with van der Waals surface area (Å²) in [6, 6.07) is 11.3. The number of halogens is 1. The minimum atomic E-state index is 0.477. The zero-order valence-electron chi connectivity index (χ0n) is 11.0. The summed E-state index contributed by atoms with van der Waals surface area (Å²) in [7, 11) is 0. The van der Waals surface area contributed by atoms with Gasteiger partial charge < -0.3 is 0 Å². The van der Waals surface area contributed by atoms with Gasteiger partial charge in [0.15, 0.2) is 0 Å². The van der Waals surface area contributed by atoms with E-state index >= 15 is 0 Å². The van der Waals surface area contributed by atoms with Crippen molar-refractivity contribution in [2.24, 2.45) is 0 Å². The first-order valence-electron chi connectivity index (χ1n) is 6.31. The lowest BCUT2D eigenvalue weighted by Gasteiger charge is -2.00. The summed E-state index contributed by atoms with van der Waals surface area (Å²) in [5.74, 6) is 6.36. The van der Waals surface area contributed by atoms with Crippen LogP contribution in [0.2, 0.25) is 5.02 Å². The minimum absolute atomic E-state index is 0.477. The van der Waals surface area contributed by atoms with E-state index in [0.29, 0.717) is 10.8 Å². The van der Waals surface area contributed by atoms with Gasteiger partial charge in [-0.1, -0.05) is 29.7 Å². The SMILES string of the molecule is Clc1cccc(-c2cnc(C#Cc3cccnc3)nc2)c1. The molecule has 2 heterocycles. The Hall–Kier alpha value is -2.70. The molecule has 0 amide bonds. The van der Waals surface area contributed by atoms with Gasteiger partial charge in [0.25, 0.3) is 0 Å². The van der Waals surface area contributed by atoms with E-state index in [2.05, 4.69) is 26.8 Å². The molecule has 4 heteroatoms. The van der Waals surface area contributed by atoms with Gasteiger partial charge >= 0.3 is 0 Å². The fraction of sp³-hybridized carbons (Fsp3) is 0. The maximum absolute atomic E-state index is 5.97. The Labute approximate surface area is 127 Å². The molecule has 0 N–H and O–H groups in total. The molecule has 0 unspecified atom stereocenters. The van der Waals surface area contributed by atoms with Crippen LogP contribution in [0.3, 0.4) is 0 Å². The van der Waals surface area contributed by atoms with Crippen LogP contribution in [0, 0.1) is 11.8 Å². The molecule has 0 atom stereocenters. The van der Waals surface area contributed by atoms with Crippen molar-refractivity contribution in [2.75, 3.05) is 0 Å². The van der Waals surface area contributed by atoms with Crippen molar-refractivity contribution < 1.29 is 0 Å². The zero-order valence-corrected chi connectivity index (χ0v) is 11.7. The molecule has 0 aliphatic heterocycles. The molecule has 0 aliphatic rings. The quantitative estimate of drug-likeness (QED) is 0.643. The van der Waals surface area contributed by atoms with Crippen molar-refractivity contribution in [3.05, 3.63) is 77.6 Å². The van der Waals surface area contributed by atoms with Crippen LogP contribution in [0.15, 0.2) is 61.2 Å². The van der Waals surface area contributed by atoms with E-state index in [4.69, 9.17) is 11.6 Å². The van der Waals surface area contributed by atoms with Crippen LogP contribution in [0.1, 0.15) is 11.4 Å². The first-order valence-corrected chi connectivity index (χ1v) is 6.69. The molecule has 0 fully saturated rings. The van der Waals surface area contributed by atoms with E-state index in [-0.39, 0.29) is 0 Å². The molecule has 0 radical (unpaired) electrons. The van der Waals surface area contributed by atoms with Crippen LogP contribution in [0.25, 0.3) is 11.1 Å². The molecule has 3 rings (SSSR count). The van der Waals surface area contributed by atoms with Crippen molar-refractivity contribution in [3.8, 4) is 23.0 Å². The average molecular weight is 292 g/mol. The molecular weight excluding hydrogens is 282 g/mol. The Morgan fingerprint density at radius 2 is 1.71 bits per heavy atom. The predicted molar refractivity (Wildman–Crippen MR) is 82.7 cm³/mol. The monoisotopic (exact) mass is 291 g/mol. The average Bonchev–Trinajstić information content (AvgIpc) is 2.54. The maximum atomic E-state index is 5.97. The van der Waals surface area contributed by atoms with Crippen molar-refractivity contribution >= 4 is 11.6 Å². The van der Waals surface area contributed by atoms with Gasteiger partial charge in [-0.2, -0.15) is 0 Å². The number of rotatable bonds is 1. The van der Waals surface area contributed by atoms with Crippen molar-refractivity contribution in [2.45, 2.75) is 0 Å². The third kappa shape index (κ3) is 3.44. The van der Waals surface area contributed by atoms with E-state index in [1.807, 2.05) is 36.4 Å². The Kier molecular flexibility index (Phi) is 3.90. The van der Waals surface area contributed by atoms with E-state index < -0.39 is 0 Å². The summed E-state index contributed by atoms with van der Waals surface area (Å²) in [6.07, 6.45) is 6.90. The second-order valence-electron chi connectivity index (χ2n) is 4.30. The summed E-state index contributed by atoms with van der Waals surface area (Å²) in [5.41, 5.74) is 2.72. The molecule has 0 aliphatic carbocycles. The highest BCUT2D eigenvalue weighted by atomic mass is 35.5. The second kappa shape index (κ2) is 6.17. The number of aromatic nitrogens is 3. The first-order chi connectivity index (χ1) is 10.3. The van der Waals surface area contributed by atoms with E-state index in [1.165, 1.54) is 0 Å². The van der Waals surface area contributed by atoms with Crippen molar-refractivity contribution in [1.82, 2.24) is 15.0 Å². The van der Waals surface area contributed by atoms with E-state index in [1.54, 1.807) is 24.8 Å². The van der Waals surface area contributed by atoms with Gasteiger partial charge in [-0.25, -0.2) is 9.97 Å². The standard InChI is InChI=1S/C17H10ClN3/c18-16-5-1-4-14(9-16)15-11-20-17(21-12-15)7-6-13-3-2-8-19-10-13/h1-5,8-12H. The Bertz CT molecular complexity index is 803. The number of nitrogens with zero attached hydrogens (tertiary/aromatic N) is 3. The molecule has 0 saturated carbocycles. The summed E-state index contributed by atoms with van der Waals surface area (Å²) in [4.78, 5) is 12.5. The fourth-order valence-electron chi connectivity index (χ4n) is 1.77. The molecule has 0 saturated heterocycles. The van der Waals surface area contributed by atoms with Crippen LogP contribution >= 0.6 is 11.6 Å². The van der Waals surface area contributed by atoms with Gasteiger partial charge in [-0.15, -0.1) is 0 Å². The van der Waals surface area contributed by atoms with Gasteiger partial charge in [-0.3, -0.25) is 4.98 Å². The fourth-order valence-corrected chi connectivity index (χ4v) is 1.96. The second-order valence-corrected chi connectivity index (χ2v) is 4.73. The number of pyridine rings is 1. The Morgan fingerprint density at radius 3 is 2.43 bits per heavy atom. The van der Waals surface area contributed by atoms with Crippen LogP contribution in [-0.2, 0) is 0 Å². The maximum Gasteiger partial charge on any atom is 0.205 e. The molecule has 0 spiro atoms. The lowest BCUT2D eigenvalue weighted by molar-refractivity contribution is 1.13. The molecule has 21 heavy (non-hydrogen) atoms. The minimum Gasteiger partial charge on any atom is -0.263 e. The molecule has 100 valence electrons. The van der Waals surface area contributed by atoms with Crippen LogP contribution < -0.4 is 0 Å². The van der Waals surface area contributed by atoms with E-state index in [9.17, 15) is 0 Å². The first kappa shape index (κ1) is 13.3. The molecule has 1 aromatic carbocycles. The van der Waals surface area contributed by atoms with Gasteiger partial charge in [0.2, 0.25) is 5.82 Å². The number of benzene rings is 1. The number of hydrogen-bond acceptors (Lipinski definition) is 3. The van der Waals surface area contributed by atoms with Gasteiger partial charge in [0.1, 0.15) is 0 Å². The van der Waals surface area contributed by atoms with Gasteiger partial charge in [-0.05, 0) is 35.7 Å². The normalized spacial score (nSPS) is 9.76. The zero-order chi connectivity index (χ0) is 14.5. The molecule has 0 bridgehead atoms. The third-order valence-corrected chi connectivity index (χ3v) is 3.03. The van der Waals surface area contributed by atoms with Gasteiger partial charge in [0.05, 0.1) is 0 Å². The molecule has 3 nitrogen and oxygen atoms in total. The van der Waals surface area contributed by atoms with Crippen molar-refractivity contribution in [3.63, 3.8) is 0 Å². The van der Waals surface area contributed by atoms with E-state index in [0.717, 1.165) is 16.7 Å². The smallest absolute Gasteiger partial charge is 0.205 e. The molecule has 2 aromatic heterocycles. The van der Waals surface area contributed by atoms with Crippen LogP contribution in [-0.4, -0.2) is 15.0 Å². The summed E-state index contributed by atoms with van der Waals surface area (Å²) in [6.45, 7) is 0. The Morgan fingerprint density at radius 1 is 0.857 bits per heavy atom. The number of hydrogen-bond donors (Lipinski definition) is 0. The topological polar surface area (TPSA) is 38.7 Å². The molecular formula is C17H10ClN3. The highest BCUT2D eigenvalue weighted by molar-refractivity contribution is 6.30. The third-order valence-electron chi connectivity index (χ3n) is 2.79. The summed E-state index contributed by atoms with van der Waals surface area (Å²) >= 11 is 5.97. The lowest BCUT2D eigenvalue weighted by Crippen LogP contribution is -1.89. The summed E-state index contributed by atoms with van der Waals surface area (Å²) in [5, 5.41) is 0.688. The molecule has 3 aromatic rings. The highest BCUT2D eigenvalue weighted by Crippen LogP contribution is 2.21. The highest BCUT2D eigenvalue weighted by Gasteiger charge is 2.00. The Balaban J connectivity index is 1.84. The largest absolute Gasteiger partial charge is 0.263 e. The van der Waals surface area contributed by atoms with Crippen LogP contribution in [0.5, 0.6) is 0 Å². The predicted octanol–water partition coefficient (Wildman–Crippen LogP) is 3.59. The lowest BCUT2D eigenvalue weighted by atomic mass is 10.1. The summed E-state index contributed by atoms with van der Waals surface area (Å²) < 4.78 is 0. The van der Waals surface area contributed by atoms with Crippen molar-refractivity contribution in [1.29, 1.82) is 0 Å². The van der Waals surface area contributed by atoms with Crippen LogP contribution in [0.4, 0.5) is 0 Å².